The molecule has 1 saturated heterocycles. The van der Waals surface area contributed by atoms with Gasteiger partial charge < -0.3 is 20.3 Å². The number of hydrogen-bond acceptors (Lipinski definition) is 3. The Labute approximate surface area is 178 Å². The maximum Gasteiger partial charge on any atom is 0.321 e. The average Bonchev–Trinajstić information content (AvgIpc) is 2.78. The average molecular weight is 410 g/mol. The maximum atomic E-state index is 12.5. The normalized spacial score (nSPS) is 14.2. The van der Waals surface area contributed by atoms with E-state index in [1.165, 1.54) is 0 Å². The zero-order valence-electron chi connectivity index (χ0n) is 17.6. The van der Waals surface area contributed by atoms with Crippen molar-refractivity contribution in [1.82, 2.24) is 10.2 Å². The van der Waals surface area contributed by atoms with Crippen molar-refractivity contribution in [2.75, 3.05) is 18.4 Å². The van der Waals surface area contributed by atoms with Gasteiger partial charge in [-0.1, -0.05) is 43.7 Å². The van der Waals surface area contributed by atoms with Crippen LogP contribution in [0.5, 0.6) is 5.75 Å². The lowest BCUT2D eigenvalue weighted by molar-refractivity contribution is -0.122. The molecule has 160 valence electrons. The van der Waals surface area contributed by atoms with Crippen LogP contribution in [-0.2, 0) is 11.4 Å². The van der Waals surface area contributed by atoms with Gasteiger partial charge in [0.15, 0.2) is 0 Å². The van der Waals surface area contributed by atoms with E-state index in [1.807, 2.05) is 54.6 Å². The van der Waals surface area contributed by atoms with Crippen LogP contribution in [0.4, 0.5) is 10.5 Å². The Hall–Kier alpha value is -3.02. The molecule has 1 aliphatic rings. The molecule has 2 aromatic rings. The van der Waals surface area contributed by atoms with Crippen LogP contribution < -0.4 is 15.4 Å². The number of unbranched alkanes of at least 4 members (excludes halogenated alkanes) is 1. The number of ether oxygens (including phenoxy) is 1. The quantitative estimate of drug-likeness (QED) is 0.671. The first-order valence-corrected chi connectivity index (χ1v) is 10.8. The third kappa shape index (κ3) is 6.79. The Morgan fingerprint density at radius 2 is 1.73 bits per heavy atom. The molecule has 0 unspecified atom stereocenters. The number of likely N-dealkylation sites (tertiary alicyclic amines) is 1. The van der Waals surface area contributed by atoms with Crippen LogP contribution in [0.25, 0.3) is 0 Å². The molecule has 30 heavy (non-hydrogen) atoms. The van der Waals surface area contributed by atoms with Gasteiger partial charge in [-0.3, -0.25) is 4.79 Å². The van der Waals surface area contributed by atoms with Gasteiger partial charge in [-0.2, -0.15) is 0 Å². The highest BCUT2D eigenvalue weighted by molar-refractivity contribution is 5.89. The number of hydrogen-bond donors (Lipinski definition) is 2. The molecule has 0 aromatic heterocycles. The van der Waals surface area contributed by atoms with E-state index in [4.69, 9.17) is 4.74 Å². The fourth-order valence-corrected chi connectivity index (χ4v) is 3.44. The van der Waals surface area contributed by atoms with Crippen LogP contribution in [0.1, 0.15) is 44.6 Å². The summed E-state index contributed by atoms with van der Waals surface area (Å²) >= 11 is 0. The van der Waals surface area contributed by atoms with E-state index >= 15 is 0 Å². The summed E-state index contributed by atoms with van der Waals surface area (Å²) in [6.07, 6.45) is 4.10. The smallest absolute Gasteiger partial charge is 0.321 e. The Morgan fingerprint density at radius 1 is 1.03 bits per heavy atom. The lowest BCUT2D eigenvalue weighted by Crippen LogP contribution is -2.47. The van der Waals surface area contributed by atoms with Crippen molar-refractivity contribution in [1.29, 1.82) is 0 Å². The molecule has 3 rings (SSSR count). The highest BCUT2D eigenvalue weighted by Gasteiger charge is 2.23. The maximum absolute atomic E-state index is 12.5. The molecule has 0 spiro atoms. The number of rotatable bonds is 8. The van der Waals surface area contributed by atoms with Crippen LogP contribution in [-0.4, -0.2) is 36.0 Å². The third-order valence-corrected chi connectivity index (χ3v) is 5.26. The van der Waals surface area contributed by atoms with E-state index in [1.54, 1.807) is 4.90 Å². The second-order valence-electron chi connectivity index (χ2n) is 7.66. The van der Waals surface area contributed by atoms with Gasteiger partial charge >= 0.3 is 6.03 Å². The Balaban J connectivity index is 1.40. The van der Waals surface area contributed by atoms with E-state index in [2.05, 4.69) is 17.6 Å². The van der Waals surface area contributed by atoms with Crippen molar-refractivity contribution in [2.45, 2.75) is 51.7 Å². The van der Waals surface area contributed by atoms with Gasteiger partial charge in [0, 0.05) is 31.2 Å². The minimum atomic E-state index is -0.108. The molecule has 0 radical (unpaired) electrons. The highest BCUT2D eigenvalue weighted by Crippen LogP contribution is 2.18. The van der Waals surface area contributed by atoms with Crippen LogP contribution in [0, 0.1) is 0 Å². The summed E-state index contributed by atoms with van der Waals surface area (Å²) in [4.78, 5) is 26.2. The second-order valence-corrected chi connectivity index (χ2v) is 7.66. The molecular weight excluding hydrogens is 378 g/mol. The van der Waals surface area contributed by atoms with Gasteiger partial charge in [-0.05, 0) is 49.1 Å². The van der Waals surface area contributed by atoms with Crippen molar-refractivity contribution in [3.63, 3.8) is 0 Å². The van der Waals surface area contributed by atoms with Crippen molar-refractivity contribution in [2.24, 2.45) is 0 Å². The molecule has 2 N–H and O–H groups in total. The molecule has 0 aliphatic carbocycles. The first-order chi connectivity index (χ1) is 14.6. The molecule has 6 heteroatoms. The van der Waals surface area contributed by atoms with Gasteiger partial charge in [0.05, 0.1) is 0 Å². The lowest BCUT2D eigenvalue weighted by atomic mass is 10.0. The first-order valence-electron chi connectivity index (χ1n) is 10.8. The minimum Gasteiger partial charge on any atom is -0.489 e. The van der Waals surface area contributed by atoms with E-state index in [0.717, 1.165) is 42.7 Å². The standard InChI is InChI=1S/C24H31N3O3/c1-2-3-9-23(28)25-21-14-16-27(17-15-21)24(29)26-20-10-12-22(13-11-20)30-18-19-7-5-4-6-8-19/h4-8,10-13,21H,2-3,9,14-18H2,1H3,(H,25,28)(H,26,29). The molecule has 1 aliphatic heterocycles. The van der Waals surface area contributed by atoms with Crippen molar-refractivity contribution in [3.05, 3.63) is 60.2 Å². The molecule has 0 saturated carbocycles. The molecule has 6 nitrogen and oxygen atoms in total. The SMILES string of the molecule is CCCCC(=O)NC1CCN(C(=O)Nc2ccc(OCc3ccccc3)cc2)CC1. The number of nitrogens with zero attached hydrogens (tertiary/aromatic N) is 1. The summed E-state index contributed by atoms with van der Waals surface area (Å²) in [7, 11) is 0. The fraction of sp³-hybridized carbons (Fsp3) is 0.417. The number of nitrogens with one attached hydrogen (secondary N) is 2. The minimum absolute atomic E-state index is 0.108. The largest absolute Gasteiger partial charge is 0.489 e. The predicted octanol–water partition coefficient (Wildman–Crippen LogP) is 4.57. The molecule has 0 atom stereocenters. The summed E-state index contributed by atoms with van der Waals surface area (Å²) < 4.78 is 5.78. The first kappa shape index (κ1) is 21.7. The number of carbonyl (C=O) groups excluding carboxylic acids is 2. The van der Waals surface area contributed by atoms with Gasteiger partial charge in [0.1, 0.15) is 12.4 Å². The summed E-state index contributed by atoms with van der Waals surface area (Å²) in [6, 6.07) is 17.5. The molecular formula is C24H31N3O3. The van der Waals surface area contributed by atoms with Crippen LogP contribution in [0.2, 0.25) is 0 Å². The number of urea groups is 1. The lowest BCUT2D eigenvalue weighted by Gasteiger charge is -2.32. The highest BCUT2D eigenvalue weighted by atomic mass is 16.5. The Morgan fingerprint density at radius 3 is 2.40 bits per heavy atom. The summed E-state index contributed by atoms with van der Waals surface area (Å²) in [5, 5.41) is 6.02. The van der Waals surface area contributed by atoms with Crippen LogP contribution >= 0.6 is 0 Å². The van der Waals surface area contributed by atoms with Gasteiger partial charge in [-0.15, -0.1) is 0 Å². The van der Waals surface area contributed by atoms with Crippen LogP contribution in [0.3, 0.4) is 0 Å². The van der Waals surface area contributed by atoms with Crippen LogP contribution in [0.15, 0.2) is 54.6 Å². The van der Waals surface area contributed by atoms with Crippen molar-refractivity contribution >= 4 is 17.6 Å². The molecule has 1 heterocycles. The van der Waals surface area contributed by atoms with E-state index < -0.39 is 0 Å². The summed E-state index contributed by atoms with van der Waals surface area (Å²) in [6.45, 7) is 3.87. The van der Waals surface area contributed by atoms with E-state index in [0.29, 0.717) is 26.1 Å². The monoisotopic (exact) mass is 409 g/mol. The molecule has 0 bridgehead atoms. The number of piperidine rings is 1. The summed E-state index contributed by atoms with van der Waals surface area (Å²) in [5.74, 6) is 0.880. The topological polar surface area (TPSA) is 70.7 Å². The Kier molecular flexibility index (Phi) is 8.12. The third-order valence-electron chi connectivity index (χ3n) is 5.26. The number of anilines is 1. The predicted molar refractivity (Wildman–Crippen MR) is 118 cm³/mol. The molecule has 2 aromatic carbocycles. The molecule has 3 amide bonds. The zero-order valence-corrected chi connectivity index (χ0v) is 17.6. The number of benzene rings is 2. The van der Waals surface area contributed by atoms with Crippen molar-refractivity contribution < 1.29 is 14.3 Å². The summed E-state index contributed by atoms with van der Waals surface area (Å²) in [5.41, 5.74) is 1.85. The second kappa shape index (κ2) is 11.2. The van der Waals surface area contributed by atoms with Gasteiger partial charge in [0.25, 0.3) is 0 Å². The zero-order chi connectivity index (χ0) is 21.2. The van der Waals surface area contributed by atoms with E-state index in [-0.39, 0.29) is 18.0 Å². The fourth-order valence-electron chi connectivity index (χ4n) is 3.44. The number of carbonyl (C=O) groups is 2. The van der Waals surface area contributed by atoms with Crippen molar-refractivity contribution in [3.8, 4) is 5.75 Å². The Bertz CT molecular complexity index is 800. The molecule has 1 fully saturated rings. The number of amides is 3. The van der Waals surface area contributed by atoms with E-state index in [9.17, 15) is 9.59 Å². The van der Waals surface area contributed by atoms with Gasteiger partial charge in [-0.25, -0.2) is 4.79 Å². The van der Waals surface area contributed by atoms with Gasteiger partial charge in [0.2, 0.25) is 5.91 Å².